The first-order valence-electron chi connectivity index (χ1n) is 3.53. The molecular formula is C8H7Cl2NO3. The quantitative estimate of drug-likeness (QED) is 0.772. The van der Waals surface area contributed by atoms with Crippen LogP contribution in [0.5, 0.6) is 5.75 Å². The van der Waals surface area contributed by atoms with E-state index in [1.165, 1.54) is 13.2 Å². The number of carbonyl (C=O) groups is 1. The predicted octanol–water partition coefficient (Wildman–Crippen LogP) is 2.28. The Balaban J connectivity index is 3.51. The summed E-state index contributed by atoms with van der Waals surface area (Å²) < 4.78 is 4.82. The van der Waals surface area contributed by atoms with E-state index in [2.05, 4.69) is 0 Å². The van der Waals surface area contributed by atoms with Gasteiger partial charge >= 0.3 is 5.97 Å². The van der Waals surface area contributed by atoms with Crippen LogP contribution in [-0.4, -0.2) is 18.2 Å². The van der Waals surface area contributed by atoms with Gasteiger partial charge < -0.3 is 15.6 Å². The first-order valence-corrected chi connectivity index (χ1v) is 4.29. The van der Waals surface area contributed by atoms with Crippen molar-refractivity contribution in [2.24, 2.45) is 0 Å². The highest BCUT2D eigenvalue weighted by Crippen LogP contribution is 2.38. The smallest absolute Gasteiger partial charge is 0.339 e. The molecule has 0 aliphatic carbocycles. The zero-order valence-electron chi connectivity index (χ0n) is 7.17. The highest BCUT2D eigenvalue weighted by atomic mass is 35.5. The minimum Gasteiger partial charge on any atom is -0.494 e. The van der Waals surface area contributed by atoms with Crippen molar-refractivity contribution in [2.45, 2.75) is 0 Å². The fraction of sp³-hybridized carbons (Fsp3) is 0.125. The molecule has 0 spiro atoms. The van der Waals surface area contributed by atoms with Crippen LogP contribution in [0, 0.1) is 0 Å². The molecule has 76 valence electrons. The van der Waals surface area contributed by atoms with E-state index < -0.39 is 5.97 Å². The third-order valence-electron chi connectivity index (χ3n) is 1.64. The van der Waals surface area contributed by atoms with E-state index in [1.54, 1.807) is 0 Å². The van der Waals surface area contributed by atoms with E-state index in [0.717, 1.165) is 0 Å². The van der Waals surface area contributed by atoms with Gasteiger partial charge in [0, 0.05) is 0 Å². The monoisotopic (exact) mass is 235 g/mol. The van der Waals surface area contributed by atoms with Crippen LogP contribution in [0.3, 0.4) is 0 Å². The molecule has 0 aliphatic heterocycles. The van der Waals surface area contributed by atoms with E-state index in [0.29, 0.717) is 0 Å². The molecule has 0 saturated heterocycles. The highest BCUT2D eigenvalue weighted by molar-refractivity contribution is 6.40. The molecule has 4 nitrogen and oxygen atoms in total. The molecule has 0 unspecified atom stereocenters. The summed E-state index contributed by atoms with van der Waals surface area (Å²) in [7, 11) is 1.31. The van der Waals surface area contributed by atoms with Crippen LogP contribution in [0.4, 0.5) is 5.69 Å². The van der Waals surface area contributed by atoms with Crippen LogP contribution < -0.4 is 10.5 Å². The molecule has 0 aliphatic rings. The third kappa shape index (κ3) is 1.71. The van der Waals surface area contributed by atoms with Crippen molar-refractivity contribution < 1.29 is 14.6 Å². The first kappa shape index (κ1) is 10.9. The molecule has 6 heteroatoms. The largest absolute Gasteiger partial charge is 0.494 e. The molecule has 14 heavy (non-hydrogen) atoms. The van der Waals surface area contributed by atoms with Gasteiger partial charge in [-0.3, -0.25) is 0 Å². The van der Waals surface area contributed by atoms with Crippen molar-refractivity contribution in [2.75, 3.05) is 12.8 Å². The van der Waals surface area contributed by atoms with Gasteiger partial charge in [-0.05, 0) is 6.07 Å². The number of carboxylic acid groups (broad SMARTS) is 1. The molecule has 0 aromatic heterocycles. The molecule has 1 aromatic rings. The molecule has 1 aromatic carbocycles. The van der Waals surface area contributed by atoms with Gasteiger partial charge in [-0.15, -0.1) is 0 Å². The molecule has 0 bridgehead atoms. The SMILES string of the molecule is COc1c(C(=O)O)cc(Cl)c(N)c1Cl. The number of halogens is 2. The van der Waals surface area contributed by atoms with Crippen LogP contribution in [0.1, 0.15) is 10.4 Å². The number of hydrogen-bond donors (Lipinski definition) is 2. The lowest BCUT2D eigenvalue weighted by Crippen LogP contribution is -2.03. The molecule has 0 amide bonds. The number of aromatic carboxylic acids is 1. The van der Waals surface area contributed by atoms with Gasteiger partial charge in [-0.1, -0.05) is 23.2 Å². The first-order chi connectivity index (χ1) is 6.49. The van der Waals surface area contributed by atoms with Crippen molar-refractivity contribution in [3.05, 3.63) is 21.7 Å². The topological polar surface area (TPSA) is 72.5 Å². The Morgan fingerprint density at radius 1 is 1.57 bits per heavy atom. The summed E-state index contributed by atoms with van der Waals surface area (Å²) in [5, 5.41) is 8.90. The lowest BCUT2D eigenvalue weighted by atomic mass is 10.2. The molecular weight excluding hydrogens is 229 g/mol. The van der Waals surface area contributed by atoms with Crippen molar-refractivity contribution in [1.29, 1.82) is 0 Å². The predicted molar refractivity (Wildman–Crippen MR) is 54.4 cm³/mol. The second-order valence-corrected chi connectivity index (χ2v) is 3.26. The Kier molecular flexibility index (Phi) is 3.08. The Bertz CT molecular complexity index is 393. The van der Waals surface area contributed by atoms with Gasteiger partial charge in [0.25, 0.3) is 0 Å². The maximum Gasteiger partial charge on any atom is 0.339 e. The molecule has 0 heterocycles. The number of nitrogens with two attached hydrogens (primary N) is 1. The maximum absolute atomic E-state index is 10.8. The summed E-state index contributed by atoms with van der Waals surface area (Å²) in [6.45, 7) is 0. The minimum absolute atomic E-state index is 0.0115. The van der Waals surface area contributed by atoms with E-state index in [-0.39, 0.29) is 27.0 Å². The summed E-state index contributed by atoms with van der Waals surface area (Å²) >= 11 is 11.4. The van der Waals surface area contributed by atoms with Crippen LogP contribution in [0.15, 0.2) is 6.07 Å². The minimum atomic E-state index is -1.18. The number of hydrogen-bond acceptors (Lipinski definition) is 3. The Labute approximate surface area is 90.2 Å². The molecule has 0 atom stereocenters. The summed E-state index contributed by atoms with van der Waals surface area (Å²) in [6.07, 6.45) is 0. The van der Waals surface area contributed by atoms with Gasteiger partial charge in [0.15, 0.2) is 5.75 Å². The fourth-order valence-corrected chi connectivity index (χ4v) is 1.51. The lowest BCUT2D eigenvalue weighted by Gasteiger charge is -2.10. The van der Waals surface area contributed by atoms with Crippen molar-refractivity contribution in [3.63, 3.8) is 0 Å². The fourth-order valence-electron chi connectivity index (χ4n) is 0.974. The molecule has 0 saturated carbocycles. The number of carboxylic acids is 1. The van der Waals surface area contributed by atoms with Gasteiger partial charge in [0.1, 0.15) is 10.6 Å². The molecule has 3 N–H and O–H groups in total. The van der Waals surface area contributed by atoms with Gasteiger partial charge in [0.05, 0.1) is 17.8 Å². The second kappa shape index (κ2) is 3.94. The maximum atomic E-state index is 10.8. The standard InChI is InChI=1S/C8H7Cl2NO3/c1-14-7-3(8(12)13)2-4(9)6(11)5(7)10/h2H,11H2,1H3,(H,12,13). The van der Waals surface area contributed by atoms with E-state index in [4.69, 9.17) is 38.8 Å². The van der Waals surface area contributed by atoms with E-state index in [9.17, 15) is 4.79 Å². The third-order valence-corrected chi connectivity index (χ3v) is 2.33. The number of nitrogen functional groups attached to an aromatic ring is 1. The van der Waals surface area contributed by atoms with Gasteiger partial charge in [-0.25, -0.2) is 4.79 Å². The zero-order valence-corrected chi connectivity index (χ0v) is 8.69. The van der Waals surface area contributed by atoms with Crippen molar-refractivity contribution >= 4 is 34.9 Å². The second-order valence-electron chi connectivity index (χ2n) is 2.47. The summed E-state index contributed by atoms with van der Waals surface area (Å²) in [6, 6.07) is 1.20. The number of ether oxygens (including phenoxy) is 1. The van der Waals surface area contributed by atoms with Crippen LogP contribution in [0.25, 0.3) is 0 Å². The van der Waals surface area contributed by atoms with Crippen LogP contribution >= 0.6 is 23.2 Å². The van der Waals surface area contributed by atoms with E-state index >= 15 is 0 Å². The van der Waals surface area contributed by atoms with Crippen molar-refractivity contribution in [1.82, 2.24) is 0 Å². The summed E-state index contributed by atoms with van der Waals surface area (Å²) in [5.41, 5.74) is 5.48. The number of rotatable bonds is 2. The van der Waals surface area contributed by atoms with Gasteiger partial charge in [0.2, 0.25) is 0 Å². The number of benzene rings is 1. The van der Waals surface area contributed by atoms with Crippen molar-refractivity contribution in [3.8, 4) is 5.75 Å². The molecule has 0 radical (unpaired) electrons. The Morgan fingerprint density at radius 3 is 2.57 bits per heavy atom. The Hall–Kier alpha value is -1.13. The highest BCUT2D eigenvalue weighted by Gasteiger charge is 2.18. The van der Waals surface area contributed by atoms with Gasteiger partial charge in [-0.2, -0.15) is 0 Å². The summed E-state index contributed by atoms with van der Waals surface area (Å²) in [5.74, 6) is -1.16. The average Bonchev–Trinajstić information content (AvgIpc) is 2.13. The summed E-state index contributed by atoms with van der Waals surface area (Å²) in [4.78, 5) is 10.8. The van der Waals surface area contributed by atoms with Crippen LogP contribution in [0.2, 0.25) is 10.0 Å². The lowest BCUT2D eigenvalue weighted by molar-refractivity contribution is 0.0693. The zero-order chi connectivity index (χ0) is 10.9. The molecule has 0 fully saturated rings. The Morgan fingerprint density at radius 2 is 2.14 bits per heavy atom. The van der Waals surface area contributed by atoms with E-state index in [1.807, 2.05) is 0 Å². The number of methoxy groups -OCH3 is 1. The van der Waals surface area contributed by atoms with Crippen LogP contribution in [-0.2, 0) is 0 Å². The number of anilines is 1. The average molecular weight is 236 g/mol. The normalized spacial score (nSPS) is 9.93. The molecule has 1 rings (SSSR count).